The summed E-state index contributed by atoms with van der Waals surface area (Å²) >= 11 is 0. The molecule has 5 fully saturated rings. The molecule has 3 N–H and O–H groups in total. The molecule has 3 heteroatoms. The topological polar surface area (TPSA) is 55.1 Å². The molecule has 0 spiro atoms. The Morgan fingerprint density at radius 3 is 2.05 bits per heavy atom. The molecule has 0 aromatic carbocycles. The predicted octanol–water partition coefficient (Wildman–Crippen LogP) is 1.91. The van der Waals surface area contributed by atoms with Gasteiger partial charge >= 0.3 is 0 Å². The molecule has 0 aromatic rings. The highest BCUT2D eigenvalue weighted by molar-refractivity contribution is 5.79. The second-order valence-corrected chi connectivity index (χ2v) is 7.80. The lowest BCUT2D eigenvalue weighted by Crippen LogP contribution is -2.52. The third kappa shape index (κ3) is 2.10. The van der Waals surface area contributed by atoms with E-state index < -0.39 is 0 Å². The summed E-state index contributed by atoms with van der Waals surface area (Å²) < 4.78 is 0. The average Bonchev–Trinajstić information content (AvgIpc) is 2.31. The molecule has 5 aliphatic rings. The van der Waals surface area contributed by atoms with Crippen LogP contribution in [-0.4, -0.2) is 18.5 Å². The molecule has 3 nitrogen and oxygen atoms in total. The van der Waals surface area contributed by atoms with Crippen LogP contribution in [-0.2, 0) is 4.79 Å². The smallest absolute Gasteiger partial charge is 0.223 e. The number of nitrogens with one attached hydrogen (secondary N) is 1. The third-order valence-electron chi connectivity index (χ3n) is 6.37. The first-order valence-corrected chi connectivity index (χ1v) is 8.22. The molecule has 1 amide bonds. The van der Waals surface area contributed by atoms with Crippen LogP contribution in [0.15, 0.2) is 0 Å². The maximum absolute atomic E-state index is 12.5. The largest absolute Gasteiger partial charge is 0.356 e. The molecule has 0 aromatic heterocycles. The summed E-state index contributed by atoms with van der Waals surface area (Å²) in [6.07, 6.45) is 8.99. The summed E-state index contributed by atoms with van der Waals surface area (Å²) in [5, 5.41) is 3.24. The Morgan fingerprint density at radius 1 is 0.947 bits per heavy atom. The third-order valence-corrected chi connectivity index (χ3v) is 6.37. The molecule has 0 atom stereocenters. The maximum atomic E-state index is 12.5. The number of carbonyl (C=O) groups is 1. The fraction of sp³-hybridized carbons (Fsp3) is 0.938. The lowest BCUT2D eigenvalue weighted by molar-refractivity contribution is -0.138. The Labute approximate surface area is 115 Å². The van der Waals surface area contributed by atoms with Crippen molar-refractivity contribution in [1.29, 1.82) is 0 Å². The Kier molecular flexibility index (Phi) is 2.87. The maximum Gasteiger partial charge on any atom is 0.223 e. The van der Waals surface area contributed by atoms with E-state index in [1.54, 1.807) is 0 Å². The fourth-order valence-corrected chi connectivity index (χ4v) is 5.67. The van der Waals surface area contributed by atoms with E-state index in [-0.39, 0.29) is 0 Å². The zero-order chi connectivity index (χ0) is 13.0. The Hall–Kier alpha value is -0.570. The van der Waals surface area contributed by atoms with Crippen LogP contribution in [0, 0.1) is 35.5 Å². The molecule has 5 saturated carbocycles. The first-order valence-electron chi connectivity index (χ1n) is 8.22. The summed E-state index contributed by atoms with van der Waals surface area (Å²) in [5.41, 5.74) is 5.80. The molecule has 0 heterocycles. The van der Waals surface area contributed by atoms with Gasteiger partial charge in [-0.05, 0) is 74.5 Å². The first-order chi connectivity index (χ1) is 9.19. The minimum atomic E-state index is 0.349. The van der Waals surface area contributed by atoms with Gasteiger partial charge in [0.25, 0.3) is 0 Å². The van der Waals surface area contributed by atoms with Gasteiger partial charge in [-0.25, -0.2) is 0 Å². The molecule has 106 valence electrons. The zero-order valence-electron chi connectivity index (χ0n) is 11.7. The fourth-order valence-electron chi connectivity index (χ4n) is 5.67. The van der Waals surface area contributed by atoms with Gasteiger partial charge in [0, 0.05) is 18.5 Å². The van der Waals surface area contributed by atoms with E-state index in [1.165, 1.54) is 32.1 Å². The van der Waals surface area contributed by atoms with Crippen molar-refractivity contribution >= 4 is 5.91 Å². The van der Waals surface area contributed by atoms with E-state index in [2.05, 4.69) is 5.32 Å². The number of hydrogen-bond donors (Lipinski definition) is 2. The second kappa shape index (κ2) is 4.47. The van der Waals surface area contributed by atoms with E-state index in [1.807, 2.05) is 0 Å². The average molecular weight is 262 g/mol. The van der Waals surface area contributed by atoms with Crippen LogP contribution in [0.1, 0.15) is 44.9 Å². The summed E-state index contributed by atoms with van der Waals surface area (Å²) in [7, 11) is 0. The van der Waals surface area contributed by atoms with Crippen LogP contribution in [0.25, 0.3) is 0 Å². The molecule has 0 saturated heterocycles. The highest BCUT2D eigenvalue weighted by Crippen LogP contribution is 2.56. The summed E-state index contributed by atoms with van der Waals surface area (Å²) in [6.45, 7) is 0.870. The van der Waals surface area contributed by atoms with Gasteiger partial charge in [0.05, 0.1) is 0 Å². The van der Waals surface area contributed by atoms with Crippen LogP contribution in [0.2, 0.25) is 0 Å². The molecule has 0 unspecified atom stereocenters. The van der Waals surface area contributed by atoms with E-state index >= 15 is 0 Å². The quantitative estimate of drug-likeness (QED) is 0.816. The summed E-state index contributed by atoms with van der Waals surface area (Å²) in [6, 6.07) is 0.392. The first kappa shape index (κ1) is 12.2. The van der Waals surface area contributed by atoms with Crippen LogP contribution in [0.3, 0.4) is 0 Å². The van der Waals surface area contributed by atoms with Gasteiger partial charge in [-0.1, -0.05) is 0 Å². The van der Waals surface area contributed by atoms with Crippen molar-refractivity contribution in [1.82, 2.24) is 5.32 Å². The second-order valence-electron chi connectivity index (χ2n) is 7.80. The van der Waals surface area contributed by atoms with Gasteiger partial charge in [0.2, 0.25) is 5.91 Å². The summed E-state index contributed by atoms with van der Waals surface area (Å²) in [5.74, 6) is 4.69. The molecule has 0 aliphatic heterocycles. The van der Waals surface area contributed by atoms with E-state index in [9.17, 15) is 4.79 Å². The van der Waals surface area contributed by atoms with Crippen LogP contribution in [0.5, 0.6) is 0 Å². The van der Waals surface area contributed by atoms with Gasteiger partial charge < -0.3 is 11.1 Å². The van der Waals surface area contributed by atoms with Gasteiger partial charge in [-0.2, -0.15) is 0 Å². The van der Waals surface area contributed by atoms with Crippen molar-refractivity contribution in [2.24, 2.45) is 41.2 Å². The van der Waals surface area contributed by atoms with Crippen molar-refractivity contribution in [3.8, 4) is 0 Å². The molecular formula is C16H26N2O. The van der Waals surface area contributed by atoms with Crippen LogP contribution < -0.4 is 11.1 Å². The molecular weight excluding hydrogens is 236 g/mol. The van der Waals surface area contributed by atoms with Gasteiger partial charge in [0.1, 0.15) is 0 Å². The molecule has 0 radical (unpaired) electrons. The van der Waals surface area contributed by atoms with Gasteiger partial charge in [0.15, 0.2) is 0 Å². The van der Waals surface area contributed by atoms with Crippen molar-refractivity contribution < 1.29 is 4.79 Å². The minimum Gasteiger partial charge on any atom is -0.356 e. The Balaban J connectivity index is 1.35. The predicted molar refractivity (Wildman–Crippen MR) is 74.2 cm³/mol. The molecule has 19 heavy (non-hydrogen) atoms. The highest BCUT2D eigenvalue weighted by atomic mass is 16.1. The summed E-state index contributed by atoms with van der Waals surface area (Å²) in [4.78, 5) is 12.5. The van der Waals surface area contributed by atoms with E-state index in [0.29, 0.717) is 35.6 Å². The minimum absolute atomic E-state index is 0.349. The van der Waals surface area contributed by atoms with Crippen LogP contribution in [0.4, 0.5) is 0 Å². The lowest BCUT2D eigenvalue weighted by Gasteiger charge is -2.53. The molecule has 4 bridgehead atoms. The van der Waals surface area contributed by atoms with Crippen LogP contribution >= 0.6 is 0 Å². The number of hydrogen-bond acceptors (Lipinski definition) is 2. The van der Waals surface area contributed by atoms with Crippen molar-refractivity contribution in [2.45, 2.75) is 51.0 Å². The normalized spacial score (nSPS) is 50.9. The Morgan fingerprint density at radius 2 is 1.53 bits per heavy atom. The van der Waals surface area contributed by atoms with Crippen molar-refractivity contribution in [2.75, 3.05) is 6.54 Å². The van der Waals surface area contributed by atoms with Gasteiger partial charge in [-0.15, -0.1) is 0 Å². The highest BCUT2D eigenvalue weighted by Gasteiger charge is 2.50. The van der Waals surface area contributed by atoms with E-state index in [0.717, 1.165) is 31.2 Å². The zero-order valence-corrected chi connectivity index (χ0v) is 11.7. The standard InChI is InChI=1S/C16H26N2O/c17-14-6-11(7-14)8-18-16(19)15-12-2-9-1-10(4-12)5-13(15)3-9/h9-15H,1-8,17H2,(H,18,19). The van der Waals surface area contributed by atoms with Gasteiger partial charge in [-0.3, -0.25) is 4.79 Å². The monoisotopic (exact) mass is 262 g/mol. The van der Waals surface area contributed by atoms with E-state index in [4.69, 9.17) is 5.73 Å². The number of rotatable bonds is 3. The number of amides is 1. The Bertz CT molecular complexity index is 347. The number of carbonyl (C=O) groups excluding carboxylic acids is 1. The van der Waals surface area contributed by atoms with Crippen molar-refractivity contribution in [3.05, 3.63) is 0 Å². The lowest BCUT2D eigenvalue weighted by atomic mass is 9.51. The van der Waals surface area contributed by atoms with Crippen molar-refractivity contribution in [3.63, 3.8) is 0 Å². The number of nitrogens with two attached hydrogens (primary N) is 1. The SMILES string of the molecule is NC1CC(CNC(=O)C2C3CC4CC(C3)CC2C4)C1. The molecule has 5 aliphatic carbocycles. The molecule has 5 rings (SSSR count).